The second kappa shape index (κ2) is 4.93. The summed E-state index contributed by atoms with van der Waals surface area (Å²) in [5, 5.41) is 0. The molecule has 2 aliphatic rings. The lowest BCUT2D eigenvalue weighted by Gasteiger charge is -1.96. The number of carbonyl (C=O) groups excluding carboxylic acids is 3. The summed E-state index contributed by atoms with van der Waals surface area (Å²) in [5.74, 6) is 4.44. The number of ether oxygens (including phenoxy) is 2. The van der Waals surface area contributed by atoms with Crippen molar-refractivity contribution < 1.29 is 23.9 Å². The van der Waals surface area contributed by atoms with Gasteiger partial charge in [-0.05, 0) is 36.4 Å². The Morgan fingerprint density at radius 2 is 1.17 bits per heavy atom. The average molecular weight is 316 g/mol. The van der Waals surface area contributed by atoms with Crippen molar-refractivity contribution in [3.05, 3.63) is 76.4 Å². The lowest BCUT2D eigenvalue weighted by atomic mass is 10.0. The number of benzene rings is 2. The molecule has 0 aromatic heterocycles. The van der Waals surface area contributed by atoms with E-state index in [0.29, 0.717) is 28.0 Å². The maximum Gasteiger partial charge on any atom is 0.346 e. The number of hydrogen-bond donors (Lipinski definition) is 0. The number of carbonyl (C=O) groups is 3. The van der Waals surface area contributed by atoms with Crippen LogP contribution in [0.5, 0.6) is 0 Å². The predicted molar refractivity (Wildman–Crippen MR) is 83.1 cm³/mol. The van der Waals surface area contributed by atoms with Gasteiger partial charge in [-0.15, -0.1) is 0 Å². The fraction of sp³-hybridized carbons (Fsp3) is 0. The van der Waals surface area contributed by atoms with Gasteiger partial charge < -0.3 is 9.47 Å². The summed E-state index contributed by atoms with van der Waals surface area (Å²) in [6.07, 6.45) is 0. The summed E-state index contributed by atoms with van der Waals surface area (Å²) >= 11 is 0. The molecule has 0 amide bonds. The zero-order valence-electron chi connectivity index (χ0n) is 12.2. The summed E-state index contributed by atoms with van der Waals surface area (Å²) in [7, 11) is 0. The Kier molecular flexibility index (Phi) is 2.87. The Morgan fingerprint density at radius 1 is 0.667 bits per heavy atom. The third kappa shape index (κ3) is 2.09. The van der Waals surface area contributed by atoms with E-state index in [1.54, 1.807) is 24.3 Å². The second-order valence-electron chi connectivity index (χ2n) is 5.26. The Bertz CT molecular complexity index is 952. The quantitative estimate of drug-likeness (QED) is 0.424. The third-order valence-electron chi connectivity index (χ3n) is 3.75. The zero-order chi connectivity index (χ0) is 16.8. The van der Waals surface area contributed by atoms with Gasteiger partial charge in [-0.3, -0.25) is 0 Å². The Hall–Kier alpha value is -3.65. The smallest absolute Gasteiger partial charge is 0.346 e. The van der Waals surface area contributed by atoms with Crippen molar-refractivity contribution in [3.8, 4) is 11.8 Å². The summed E-state index contributed by atoms with van der Waals surface area (Å²) in [6, 6.07) is 9.75. The van der Waals surface area contributed by atoms with Gasteiger partial charge in [-0.25, -0.2) is 14.4 Å². The van der Waals surface area contributed by atoms with Gasteiger partial charge in [0, 0.05) is 16.7 Å². The van der Waals surface area contributed by atoms with Crippen LogP contribution in [0.4, 0.5) is 0 Å². The first-order chi connectivity index (χ1) is 11.5. The van der Waals surface area contributed by atoms with Crippen LogP contribution in [0.1, 0.15) is 47.8 Å². The van der Waals surface area contributed by atoms with Crippen LogP contribution in [0.3, 0.4) is 0 Å². The first-order valence-corrected chi connectivity index (χ1v) is 7.01. The average Bonchev–Trinajstić information content (AvgIpc) is 3.02. The number of esters is 3. The fourth-order valence-corrected chi connectivity index (χ4v) is 2.56. The molecule has 0 saturated heterocycles. The molecular weight excluding hydrogens is 308 g/mol. The lowest BCUT2D eigenvalue weighted by molar-refractivity contribution is 0.0443. The van der Waals surface area contributed by atoms with Crippen LogP contribution in [0.15, 0.2) is 43.0 Å². The number of fused-ring (bicyclic) bond motifs is 2. The molecule has 0 N–H and O–H groups in total. The molecule has 0 unspecified atom stereocenters. The minimum atomic E-state index is -0.664. The van der Waals surface area contributed by atoms with Crippen LogP contribution >= 0.6 is 0 Å². The van der Waals surface area contributed by atoms with Gasteiger partial charge in [-0.1, -0.05) is 18.4 Å². The standard InChI is InChI=1S/C19H8O5/c1-10-15-8-11(4-6-13(15)17(20)23-10)2-3-12-5-7-14-16(9-12)19(22)24-18(14)21/h4-9H,1H2. The highest BCUT2D eigenvalue weighted by atomic mass is 16.6. The molecule has 0 fully saturated rings. The van der Waals surface area contributed by atoms with Crippen molar-refractivity contribution in [3.63, 3.8) is 0 Å². The van der Waals surface area contributed by atoms with E-state index >= 15 is 0 Å². The molecule has 0 saturated carbocycles. The van der Waals surface area contributed by atoms with E-state index in [1.165, 1.54) is 12.1 Å². The molecule has 2 heterocycles. The largest absolute Gasteiger partial charge is 0.423 e. The maximum atomic E-state index is 11.6. The molecule has 2 aromatic rings. The van der Waals surface area contributed by atoms with Gasteiger partial charge in [-0.2, -0.15) is 0 Å². The molecule has 114 valence electrons. The van der Waals surface area contributed by atoms with E-state index in [2.05, 4.69) is 23.2 Å². The Balaban J connectivity index is 1.69. The van der Waals surface area contributed by atoms with Crippen molar-refractivity contribution >= 4 is 23.7 Å². The molecule has 2 aromatic carbocycles. The minimum Gasteiger partial charge on any atom is -0.423 e. The van der Waals surface area contributed by atoms with Crippen molar-refractivity contribution in [1.29, 1.82) is 0 Å². The molecule has 24 heavy (non-hydrogen) atoms. The van der Waals surface area contributed by atoms with Crippen molar-refractivity contribution in [1.82, 2.24) is 0 Å². The Morgan fingerprint density at radius 3 is 1.83 bits per heavy atom. The number of cyclic esters (lactones) is 3. The highest BCUT2D eigenvalue weighted by Crippen LogP contribution is 2.28. The van der Waals surface area contributed by atoms with Crippen molar-refractivity contribution in [2.24, 2.45) is 0 Å². The molecule has 0 spiro atoms. The molecule has 5 heteroatoms. The SMILES string of the molecule is C=C1OC(=O)c2ccc(C#Cc3ccc4c(c3)C(=O)OC4=O)cc21. The van der Waals surface area contributed by atoms with E-state index in [9.17, 15) is 14.4 Å². The Labute approximate surface area is 136 Å². The zero-order valence-corrected chi connectivity index (χ0v) is 12.2. The van der Waals surface area contributed by atoms with Crippen LogP contribution in [-0.2, 0) is 9.47 Å². The van der Waals surface area contributed by atoms with Gasteiger partial charge in [0.05, 0.1) is 16.7 Å². The second-order valence-corrected chi connectivity index (χ2v) is 5.26. The van der Waals surface area contributed by atoms with Crippen LogP contribution in [0, 0.1) is 11.8 Å². The van der Waals surface area contributed by atoms with Crippen molar-refractivity contribution in [2.45, 2.75) is 0 Å². The fourth-order valence-electron chi connectivity index (χ4n) is 2.56. The van der Waals surface area contributed by atoms with Crippen LogP contribution < -0.4 is 0 Å². The number of rotatable bonds is 0. The van der Waals surface area contributed by atoms with Crippen molar-refractivity contribution in [2.75, 3.05) is 0 Å². The topological polar surface area (TPSA) is 69.7 Å². The van der Waals surface area contributed by atoms with Crippen LogP contribution in [-0.4, -0.2) is 17.9 Å². The van der Waals surface area contributed by atoms with E-state index in [0.717, 1.165) is 0 Å². The van der Waals surface area contributed by atoms with Gasteiger partial charge in [0.15, 0.2) is 0 Å². The summed E-state index contributed by atoms with van der Waals surface area (Å²) in [5.41, 5.74) is 2.79. The molecule has 0 atom stereocenters. The van der Waals surface area contributed by atoms with E-state index in [1.807, 2.05) is 0 Å². The predicted octanol–water partition coefficient (Wildman–Crippen LogP) is 2.54. The lowest BCUT2D eigenvalue weighted by Crippen LogP contribution is -1.96. The molecule has 0 bridgehead atoms. The molecule has 4 rings (SSSR count). The van der Waals surface area contributed by atoms with Gasteiger partial charge in [0.2, 0.25) is 0 Å². The highest BCUT2D eigenvalue weighted by Gasteiger charge is 2.29. The van der Waals surface area contributed by atoms with Gasteiger partial charge >= 0.3 is 17.9 Å². The highest BCUT2D eigenvalue weighted by molar-refractivity contribution is 6.14. The third-order valence-corrected chi connectivity index (χ3v) is 3.75. The molecule has 0 radical (unpaired) electrons. The van der Waals surface area contributed by atoms with Crippen LogP contribution in [0.2, 0.25) is 0 Å². The van der Waals surface area contributed by atoms with Crippen LogP contribution in [0.25, 0.3) is 5.76 Å². The molecular formula is C19H8O5. The normalized spacial score (nSPS) is 14.5. The van der Waals surface area contributed by atoms with E-state index < -0.39 is 17.9 Å². The summed E-state index contributed by atoms with van der Waals surface area (Å²) < 4.78 is 9.50. The molecule has 0 aliphatic carbocycles. The summed E-state index contributed by atoms with van der Waals surface area (Å²) in [6.45, 7) is 3.69. The van der Waals surface area contributed by atoms with E-state index in [-0.39, 0.29) is 11.1 Å². The van der Waals surface area contributed by atoms with Gasteiger partial charge in [0.1, 0.15) is 5.76 Å². The molecule has 2 aliphatic heterocycles. The summed E-state index contributed by atoms with van der Waals surface area (Å²) in [4.78, 5) is 34.5. The molecule has 5 nitrogen and oxygen atoms in total. The first kappa shape index (κ1) is 14.0. The monoisotopic (exact) mass is 316 g/mol. The van der Waals surface area contributed by atoms with Gasteiger partial charge in [0.25, 0.3) is 0 Å². The maximum absolute atomic E-state index is 11.6. The van der Waals surface area contributed by atoms with E-state index in [4.69, 9.17) is 4.74 Å². The number of hydrogen-bond acceptors (Lipinski definition) is 5. The first-order valence-electron chi connectivity index (χ1n) is 7.01. The minimum absolute atomic E-state index is 0.216.